The van der Waals surface area contributed by atoms with E-state index in [1.807, 2.05) is 13.8 Å². The largest absolute Gasteiger partial charge is 0.478 e. The highest BCUT2D eigenvalue weighted by molar-refractivity contribution is 7.89. The van der Waals surface area contributed by atoms with Crippen LogP contribution in [0.25, 0.3) is 0 Å². The van der Waals surface area contributed by atoms with Crippen molar-refractivity contribution in [3.05, 3.63) is 23.8 Å². The van der Waals surface area contributed by atoms with Gasteiger partial charge in [-0.3, -0.25) is 0 Å². The summed E-state index contributed by atoms with van der Waals surface area (Å²) in [6.45, 7) is 4.67. The van der Waals surface area contributed by atoms with Crippen LogP contribution in [0.1, 0.15) is 37.0 Å². The van der Waals surface area contributed by atoms with Gasteiger partial charge in [0.05, 0.1) is 10.5 Å². The maximum absolute atomic E-state index is 12.2. The molecule has 0 fully saturated rings. The molecule has 7 nitrogen and oxygen atoms in total. The quantitative estimate of drug-likeness (QED) is 0.478. The lowest BCUT2D eigenvalue weighted by Gasteiger charge is -2.12. The molecule has 8 heteroatoms. The van der Waals surface area contributed by atoms with Gasteiger partial charge in [0.1, 0.15) is 0 Å². The summed E-state index contributed by atoms with van der Waals surface area (Å²) in [6, 6.07) is 3.94. The van der Waals surface area contributed by atoms with Crippen molar-refractivity contribution in [3.63, 3.8) is 0 Å². The number of aliphatic hydroxyl groups is 1. The van der Waals surface area contributed by atoms with Gasteiger partial charge in [-0.15, -0.1) is 0 Å². The fraction of sp³-hybridized carbons (Fsp3) is 0.533. The monoisotopic (exact) mass is 344 g/mol. The topological polar surface area (TPSA) is 116 Å². The summed E-state index contributed by atoms with van der Waals surface area (Å²) in [4.78, 5) is 11.3. The number of rotatable bonds is 10. The first kappa shape index (κ1) is 19.4. The molecule has 0 heterocycles. The highest BCUT2D eigenvalue weighted by atomic mass is 32.2. The van der Waals surface area contributed by atoms with Crippen LogP contribution in [0, 0.1) is 5.92 Å². The minimum atomic E-state index is -3.74. The van der Waals surface area contributed by atoms with Crippen molar-refractivity contribution >= 4 is 21.7 Å². The van der Waals surface area contributed by atoms with Gasteiger partial charge in [0, 0.05) is 25.4 Å². The Morgan fingerprint density at radius 1 is 1.26 bits per heavy atom. The fourth-order valence-corrected chi connectivity index (χ4v) is 2.96. The number of anilines is 1. The molecule has 0 bridgehead atoms. The van der Waals surface area contributed by atoms with Crippen molar-refractivity contribution in [3.8, 4) is 0 Å². The lowest BCUT2D eigenvalue weighted by Crippen LogP contribution is -2.26. The zero-order valence-corrected chi connectivity index (χ0v) is 14.2. The third-order valence-corrected chi connectivity index (χ3v) is 4.65. The minimum absolute atomic E-state index is 0.0123. The van der Waals surface area contributed by atoms with Gasteiger partial charge in [0.25, 0.3) is 0 Å². The van der Waals surface area contributed by atoms with Crippen molar-refractivity contribution in [2.24, 2.45) is 5.92 Å². The minimum Gasteiger partial charge on any atom is -0.478 e. The van der Waals surface area contributed by atoms with Gasteiger partial charge in [0.15, 0.2) is 0 Å². The molecule has 0 saturated carbocycles. The summed E-state index contributed by atoms with van der Waals surface area (Å²) < 4.78 is 26.9. The predicted octanol–water partition coefficient (Wildman–Crippen LogP) is 1.50. The zero-order chi connectivity index (χ0) is 17.5. The van der Waals surface area contributed by atoms with Crippen molar-refractivity contribution in [1.82, 2.24) is 4.72 Å². The van der Waals surface area contributed by atoms with E-state index in [0.29, 0.717) is 37.5 Å². The third kappa shape index (κ3) is 6.17. The molecule has 1 rings (SSSR count). The van der Waals surface area contributed by atoms with E-state index in [4.69, 9.17) is 5.11 Å². The van der Waals surface area contributed by atoms with Crippen molar-refractivity contribution in [2.45, 2.75) is 31.6 Å². The van der Waals surface area contributed by atoms with Gasteiger partial charge < -0.3 is 15.5 Å². The number of aromatic carboxylic acids is 1. The second-order valence-corrected chi connectivity index (χ2v) is 7.36. The van der Waals surface area contributed by atoms with Crippen LogP contribution in [0.5, 0.6) is 0 Å². The molecule has 4 N–H and O–H groups in total. The number of sulfonamides is 1. The second kappa shape index (κ2) is 8.85. The van der Waals surface area contributed by atoms with E-state index in [2.05, 4.69) is 10.0 Å². The van der Waals surface area contributed by atoms with Crippen LogP contribution in [-0.4, -0.2) is 44.3 Å². The zero-order valence-electron chi connectivity index (χ0n) is 13.4. The smallest absolute Gasteiger partial charge is 0.337 e. The second-order valence-electron chi connectivity index (χ2n) is 5.60. The molecule has 0 aromatic heterocycles. The number of nitrogens with one attached hydrogen (secondary N) is 2. The maximum atomic E-state index is 12.2. The molecule has 0 spiro atoms. The molecule has 130 valence electrons. The normalized spacial score (nSPS) is 11.7. The molecule has 23 heavy (non-hydrogen) atoms. The first-order valence-corrected chi connectivity index (χ1v) is 8.98. The molecule has 0 aliphatic heterocycles. The maximum Gasteiger partial charge on any atom is 0.337 e. The molecule has 0 aliphatic rings. The number of carbonyl (C=O) groups is 1. The van der Waals surface area contributed by atoms with E-state index in [0.717, 1.165) is 6.07 Å². The first-order chi connectivity index (χ1) is 10.8. The van der Waals surface area contributed by atoms with Crippen LogP contribution in [0.3, 0.4) is 0 Å². The Morgan fingerprint density at radius 2 is 1.96 bits per heavy atom. The molecule has 0 amide bonds. The summed E-state index contributed by atoms with van der Waals surface area (Å²) in [5, 5.41) is 20.9. The molecule has 0 radical (unpaired) electrons. The Bertz CT molecular complexity index is 629. The van der Waals surface area contributed by atoms with Crippen molar-refractivity contribution < 1.29 is 23.4 Å². The molecule has 1 aromatic rings. The van der Waals surface area contributed by atoms with Crippen molar-refractivity contribution in [2.75, 3.05) is 25.0 Å². The highest BCUT2D eigenvalue weighted by Crippen LogP contribution is 2.21. The van der Waals surface area contributed by atoms with E-state index in [1.165, 1.54) is 12.1 Å². The Balaban J connectivity index is 2.95. The first-order valence-electron chi connectivity index (χ1n) is 7.49. The van der Waals surface area contributed by atoms with Gasteiger partial charge in [-0.1, -0.05) is 13.8 Å². The van der Waals surface area contributed by atoms with Crippen LogP contribution in [0.2, 0.25) is 0 Å². The molecular weight excluding hydrogens is 320 g/mol. The Morgan fingerprint density at radius 3 is 2.52 bits per heavy atom. The number of carboxylic acids is 1. The predicted molar refractivity (Wildman–Crippen MR) is 88.2 cm³/mol. The van der Waals surface area contributed by atoms with Crippen LogP contribution in [-0.2, 0) is 10.0 Å². The SMILES string of the molecule is CC(C)CCNS(=O)(=O)c1ccc(NCCCO)c(C(=O)O)c1. The van der Waals surface area contributed by atoms with Gasteiger partial charge >= 0.3 is 5.97 Å². The molecule has 0 atom stereocenters. The number of benzene rings is 1. The van der Waals surface area contributed by atoms with Crippen LogP contribution >= 0.6 is 0 Å². The number of aliphatic hydroxyl groups excluding tert-OH is 1. The van der Waals surface area contributed by atoms with E-state index >= 15 is 0 Å². The number of carboxylic acid groups (broad SMARTS) is 1. The molecule has 1 aromatic carbocycles. The third-order valence-electron chi connectivity index (χ3n) is 3.20. The van der Waals surface area contributed by atoms with E-state index < -0.39 is 16.0 Å². The van der Waals surface area contributed by atoms with Crippen LogP contribution in [0.4, 0.5) is 5.69 Å². The highest BCUT2D eigenvalue weighted by Gasteiger charge is 2.18. The molecule has 0 unspecified atom stereocenters. The van der Waals surface area contributed by atoms with Crippen molar-refractivity contribution in [1.29, 1.82) is 0 Å². The summed E-state index contributed by atoms with van der Waals surface area (Å²) in [7, 11) is -3.74. The summed E-state index contributed by atoms with van der Waals surface area (Å²) in [6.07, 6.45) is 1.17. The van der Waals surface area contributed by atoms with Crippen LogP contribution in [0.15, 0.2) is 23.1 Å². The van der Waals surface area contributed by atoms with E-state index in [1.54, 1.807) is 0 Å². The van der Waals surface area contributed by atoms with E-state index in [-0.39, 0.29) is 17.1 Å². The number of hydrogen-bond donors (Lipinski definition) is 4. The summed E-state index contributed by atoms with van der Waals surface area (Å²) in [5.41, 5.74) is 0.210. The summed E-state index contributed by atoms with van der Waals surface area (Å²) >= 11 is 0. The lowest BCUT2D eigenvalue weighted by atomic mass is 10.1. The Labute approximate surface area is 136 Å². The summed E-state index contributed by atoms with van der Waals surface area (Å²) in [5.74, 6) is -0.846. The Kier molecular flexibility index (Phi) is 7.47. The molecule has 0 aliphatic carbocycles. The standard InChI is InChI=1S/C15H24N2O5S/c1-11(2)6-8-17-23(21,22)12-4-5-14(16-7-3-9-18)13(10-12)15(19)20/h4-5,10-11,16-18H,3,6-9H2,1-2H3,(H,19,20). The molecule has 0 saturated heterocycles. The van der Waals surface area contributed by atoms with E-state index in [9.17, 15) is 18.3 Å². The van der Waals surface area contributed by atoms with Gasteiger partial charge in [-0.05, 0) is 37.0 Å². The fourth-order valence-electron chi connectivity index (χ4n) is 1.89. The van der Waals surface area contributed by atoms with Crippen LogP contribution < -0.4 is 10.0 Å². The Hall–Kier alpha value is -1.64. The molecular formula is C15H24N2O5S. The van der Waals surface area contributed by atoms with Gasteiger partial charge in [-0.25, -0.2) is 17.9 Å². The average molecular weight is 344 g/mol. The van der Waals surface area contributed by atoms with Gasteiger partial charge in [-0.2, -0.15) is 0 Å². The number of hydrogen-bond acceptors (Lipinski definition) is 5. The van der Waals surface area contributed by atoms with Gasteiger partial charge in [0.2, 0.25) is 10.0 Å². The average Bonchev–Trinajstić information content (AvgIpc) is 2.46. The lowest BCUT2D eigenvalue weighted by molar-refractivity contribution is 0.0697.